The van der Waals surface area contributed by atoms with E-state index >= 15 is 0 Å². The first kappa shape index (κ1) is 19.3. The zero-order chi connectivity index (χ0) is 20.7. The van der Waals surface area contributed by atoms with Crippen molar-refractivity contribution in [2.45, 2.75) is 0 Å². The summed E-state index contributed by atoms with van der Waals surface area (Å²) in [6.07, 6.45) is 1.45. The molecular formula is C21H20ClFN4O3. The minimum atomic E-state index is -0.476. The van der Waals surface area contributed by atoms with Gasteiger partial charge in [0.15, 0.2) is 11.5 Å². The fraction of sp³-hybridized carbons (Fsp3) is 0.333. The maximum absolute atomic E-state index is 13.5. The average molecular weight is 431 g/mol. The zero-order valence-electron chi connectivity index (χ0n) is 16.3. The molecule has 2 aliphatic heterocycles. The molecule has 2 fully saturated rings. The monoisotopic (exact) mass is 430 g/mol. The number of nitrogens with zero attached hydrogens (tertiary/aromatic N) is 3. The van der Waals surface area contributed by atoms with Crippen molar-refractivity contribution in [3.8, 4) is 11.5 Å². The number of hydrogen-bond acceptors (Lipinski definition) is 7. The van der Waals surface area contributed by atoms with E-state index in [1.54, 1.807) is 13.2 Å². The van der Waals surface area contributed by atoms with Gasteiger partial charge in [-0.3, -0.25) is 4.90 Å². The van der Waals surface area contributed by atoms with E-state index in [0.29, 0.717) is 40.7 Å². The van der Waals surface area contributed by atoms with Crippen molar-refractivity contribution in [2.75, 3.05) is 45.5 Å². The number of nitrogens with one attached hydrogen (secondary N) is 1. The highest BCUT2D eigenvalue weighted by Crippen LogP contribution is 2.39. The molecule has 0 unspecified atom stereocenters. The molecule has 0 atom stereocenters. The Hall–Kier alpha value is -2.68. The molecule has 1 spiro atoms. The number of aromatic nitrogens is 2. The standard InChI is InChI=1S/C21H20ClFN4O3/c1-28-18-6-17-14(5-19(18)30-12-27-7-21(8-27)9-29-10-21)20(25-11-24-17)26-13-2-3-16(23)15(22)4-13/h2-6,11H,7-10,12H2,1H3,(H,24,25,26). The largest absolute Gasteiger partial charge is 0.493 e. The fourth-order valence-electron chi connectivity index (χ4n) is 3.87. The normalized spacial score (nSPS) is 17.4. The number of rotatable bonds is 6. The van der Waals surface area contributed by atoms with Crippen molar-refractivity contribution >= 4 is 34.0 Å². The lowest BCUT2D eigenvalue weighted by atomic mass is 9.78. The van der Waals surface area contributed by atoms with Gasteiger partial charge in [0.25, 0.3) is 0 Å². The van der Waals surface area contributed by atoms with Gasteiger partial charge in [-0.2, -0.15) is 0 Å². The van der Waals surface area contributed by atoms with Gasteiger partial charge in [-0.15, -0.1) is 0 Å². The van der Waals surface area contributed by atoms with Gasteiger partial charge in [0.05, 0.1) is 30.9 Å². The number of anilines is 2. The Balaban J connectivity index is 1.39. The molecule has 2 aromatic carbocycles. The highest BCUT2D eigenvalue weighted by Gasteiger charge is 2.48. The molecule has 0 saturated carbocycles. The van der Waals surface area contributed by atoms with Crippen molar-refractivity contribution in [1.82, 2.24) is 14.9 Å². The molecule has 2 saturated heterocycles. The molecule has 30 heavy (non-hydrogen) atoms. The predicted octanol–water partition coefficient (Wildman–Crippen LogP) is 3.84. The first-order chi connectivity index (χ1) is 14.5. The molecule has 3 aromatic rings. The van der Waals surface area contributed by atoms with E-state index in [0.717, 1.165) is 31.7 Å². The molecule has 0 aliphatic carbocycles. The van der Waals surface area contributed by atoms with Crippen molar-refractivity contribution in [2.24, 2.45) is 5.41 Å². The Kier molecular flexibility index (Phi) is 4.85. The van der Waals surface area contributed by atoms with Crippen LogP contribution in [0, 0.1) is 11.2 Å². The Morgan fingerprint density at radius 3 is 2.73 bits per heavy atom. The smallest absolute Gasteiger partial charge is 0.164 e. The van der Waals surface area contributed by atoms with Crippen LogP contribution in [0.2, 0.25) is 5.02 Å². The van der Waals surface area contributed by atoms with Crippen molar-refractivity contribution in [3.63, 3.8) is 0 Å². The van der Waals surface area contributed by atoms with Gasteiger partial charge >= 0.3 is 0 Å². The molecule has 5 rings (SSSR count). The molecule has 0 bridgehead atoms. The van der Waals surface area contributed by atoms with Gasteiger partial charge in [0.2, 0.25) is 0 Å². The Bertz CT molecular complexity index is 1100. The van der Waals surface area contributed by atoms with Crippen LogP contribution in [0.4, 0.5) is 15.9 Å². The minimum Gasteiger partial charge on any atom is -0.493 e. The van der Waals surface area contributed by atoms with Gasteiger partial charge in [-0.05, 0) is 24.3 Å². The second kappa shape index (κ2) is 7.54. The van der Waals surface area contributed by atoms with Gasteiger partial charge in [-0.25, -0.2) is 14.4 Å². The van der Waals surface area contributed by atoms with Crippen LogP contribution >= 0.6 is 11.6 Å². The number of hydrogen-bond donors (Lipinski definition) is 1. The molecular weight excluding hydrogens is 411 g/mol. The van der Waals surface area contributed by atoms with Crippen LogP contribution in [0.5, 0.6) is 11.5 Å². The second-order valence-electron chi connectivity index (χ2n) is 7.75. The Morgan fingerprint density at radius 2 is 2.03 bits per heavy atom. The number of ether oxygens (including phenoxy) is 3. The van der Waals surface area contributed by atoms with Crippen LogP contribution in [0.25, 0.3) is 10.9 Å². The molecule has 1 aromatic heterocycles. The van der Waals surface area contributed by atoms with E-state index < -0.39 is 5.82 Å². The van der Waals surface area contributed by atoms with E-state index in [1.165, 1.54) is 18.5 Å². The molecule has 3 heterocycles. The molecule has 9 heteroatoms. The number of benzene rings is 2. The molecule has 2 aliphatic rings. The third kappa shape index (κ3) is 3.51. The molecule has 0 amide bonds. The highest BCUT2D eigenvalue weighted by atomic mass is 35.5. The maximum atomic E-state index is 13.5. The average Bonchev–Trinajstić information content (AvgIpc) is 2.68. The van der Waals surface area contributed by atoms with Crippen molar-refractivity contribution < 1.29 is 18.6 Å². The lowest BCUT2D eigenvalue weighted by molar-refractivity contribution is -0.199. The quantitative estimate of drug-likeness (QED) is 0.637. The van der Waals surface area contributed by atoms with Gasteiger partial charge < -0.3 is 19.5 Å². The molecule has 156 valence electrons. The Morgan fingerprint density at radius 1 is 1.20 bits per heavy atom. The number of likely N-dealkylation sites (tertiary alicyclic amines) is 1. The van der Waals surface area contributed by atoms with Crippen LogP contribution in [0.1, 0.15) is 0 Å². The molecule has 1 N–H and O–H groups in total. The Labute approximate surface area is 177 Å². The minimum absolute atomic E-state index is 0.0354. The van der Waals surface area contributed by atoms with Crippen LogP contribution in [0.3, 0.4) is 0 Å². The van der Waals surface area contributed by atoms with Gasteiger partial charge in [-0.1, -0.05) is 11.6 Å². The summed E-state index contributed by atoms with van der Waals surface area (Å²) in [5, 5.41) is 3.96. The summed E-state index contributed by atoms with van der Waals surface area (Å²) >= 11 is 5.89. The first-order valence-electron chi connectivity index (χ1n) is 9.53. The van der Waals surface area contributed by atoms with Gasteiger partial charge in [0, 0.05) is 35.6 Å². The van der Waals surface area contributed by atoms with Crippen molar-refractivity contribution in [1.29, 1.82) is 0 Å². The summed E-state index contributed by atoms with van der Waals surface area (Å²) < 4.78 is 30.3. The SMILES string of the molecule is COc1cc2ncnc(Nc3ccc(F)c(Cl)c3)c2cc1OCN1CC2(COC2)C1. The number of fused-ring (bicyclic) bond motifs is 1. The summed E-state index contributed by atoms with van der Waals surface area (Å²) in [5.74, 6) is 1.28. The number of methoxy groups -OCH3 is 1. The lowest BCUT2D eigenvalue weighted by Gasteiger charge is -2.54. The van der Waals surface area contributed by atoms with Crippen LogP contribution in [0.15, 0.2) is 36.7 Å². The van der Waals surface area contributed by atoms with E-state index in [2.05, 4.69) is 20.2 Å². The molecule has 7 nitrogen and oxygen atoms in total. The van der Waals surface area contributed by atoms with E-state index in [1.807, 2.05) is 12.1 Å². The van der Waals surface area contributed by atoms with Crippen LogP contribution in [-0.2, 0) is 4.74 Å². The summed E-state index contributed by atoms with van der Waals surface area (Å²) in [6.45, 7) is 4.09. The second-order valence-corrected chi connectivity index (χ2v) is 8.16. The summed E-state index contributed by atoms with van der Waals surface area (Å²) in [4.78, 5) is 10.9. The van der Waals surface area contributed by atoms with Crippen molar-refractivity contribution in [3.05, 3.63) is 47.5 Å². The highest BCUT2D eigenvalue weighted by molar-refractivity contribution is 6.31. The van der Waals surface area contributed by atoms with Crippen LogP contribution in [-0.4, -0.2) is 55.0 Å². The first-order valence-corrected chi connectivity index (χ1v) is 9.91. The fourth-order valence-corrected chi connectivity index (χ4v) is 4.05. The van der Waals surface area contributed by atoms with Crippen LogP contribution < -0.4 is 14.8 Å². The third-order valence-corrected chi connectivity index (χ3v) is 5.73. The summed E-state index contributed by atoms with van der Waals surface area (Å²) in [7, 11) is 1.60. The van der Waals surface area contributed by atoms with Gasteiger partial charge in [0.1, 0.15) is 24.7 Å². The molecule has 0 radical (unpaired) electrons. The predicted molar refractivity (Wildman–Crippen MR) is 111 cm³/mol. The van der Waals surface area contributed by atoms with E-state index in [4.69, 9.17) is 25.8 Å². The topological polar surface area (TPSA) is 68.7 Å². The number of halogens is 2. The van der Waals surface area contributed by atoms with E-state index in [9.17, 15) is 4.39 Å². The maximum Gasteiger partial charge on any atom is 0.164 e. The third-order valence-electron chi connectivity index (χ3n) is 5.44. The summed E-state index contributed by atoms with van der Waals surface area (Å²) in [5.41, 5.74) is 1.64. The lowest BCUT2D eigenvalue weighted by Crippen LogP contribution is -2.66. The van der Waals surface area contributed by atoms with E-state index in [-0.39, 0.29) is 5.02 Å². The zero-order valence-corrected chi connectivity index (χ0v) is 17.1. The summed E-state index contributed by atoms with van der Waals surface area (Å²) in [6, 6.07) is 8.07.